The number of hydrogen-bond donors (Lipinski definition) is 2. The lowest BCUT2D eigenvalue weighted by molar-refractivity contribution is -0.119. The molecule has 5 nitrogen and oxygen atoms in total. The summed E-state index contributed by atoms with van der Waals surface area (Å²) in [6.45, 7) is 4.81. The monoisotopic (exact) mass is 357 g/mol. The third-order valence-electron chi connectivity index (χ3n) is 6.17. The Kier molecular flexibility index (Phi) is 5.57. The summed E-state index contributed by atoms with van der Waals surface area (Å²) < 4.78 is 5.04. The van der Waals surface area contributed by atoms with Crippen LogP contribution in [0, 0.1) is 5.92 Å². The molecule has 5 heteroatoms. The van der Waals surface area contributed by atoms with Crippen molar-refractivity contribution in [3.05, 3.63) is 29.3 Å². The molecule has 142 valence electrons. The van der Waals surface area contributed by atoms with E-state index < -0.39 is 0 Å². The van der Waals surface area contributed by atoms with Crippen LogP contribution in [-0.2, 0) is 16.0 Å². The minimum absolute atomic E-state index is 0.172. The number of rotatable bonds is 7. The molecule has 2 heterocycles. The fourth-order valence-electron chi connectivity index (χ4n) is 4.43. The number of fused-ring (bicyclic) bond motifs is 1. The highest BCUT2D eigenvalue weighted by Crippen LogP contribution is 2.43. The molecule has 1 aromatic rings. The molecule has 2 atom stereocenters. The number of ether oxygens (including phenoxy) is 1. The summed E-state index contributed by atoms with van der Waals surface area (Å²) in [5.41, 5.74) is 3.88. The standard InChI is InChI=1S/C21H31N3O2/c1-26-11-7-21(25)24-10-6-17-12-16(2-3-20(17)24)18-13-19(18)23-14-15-4-8-22-9-5-15/h2-3,12,15,18-19,22-23H,4-11,13-14H2,1H3/t18-,19+/m0/s1. The van der Waals surface area contributed by atoms with Crippen molar-refractivity contribution >= 4 is 11.6 Å². The van der Waals surface area contributed by atoms with Crippen molar-refractivity contribution in [1.82, 2.24) is 10.6 Å². The average molecular weight is 357 g/mol. The molecular formula is C21H31N3O2. The van der Waals surface area contributed by atoms with Gasteiger partial charge in [0, 0.05) is 31.3 Å². The first kappa shape index (κ1) is 18.0. The second-order valence-electron chi connectivity index (χ2n) is 7.98. The van der Waals surface area contributed by atoms with Crippen LogP contribution in [0.1, 0.15) is 42.7 Å². The van der Waals surface area contributed by atoms with E-state index in [0.717, 1.165) is 31.1 Å². The van der Waals surface area contributed by atoms with Crippen molar-refractivity contribution in [2.24, 2.45) is 5.92 Å². The summed E-state index contributed by atoms with van der Waals surface area (Å²) in [5, 5.41) is 7.22. The summed E-state index contributed by atoms with van der Waals surface area (Å²) >= 11 is 0. The Morgan fingerprint density at radius 2 is 2.19 bits per heavy atom. The number of amides is 1. The Labute approximate surface area is 156 Å². The lowest BCUT2D eigenvalue weighted by Gasteiger charge is -2.23. The van der Waals surface area contributed by atoms with Gasteiger partial charge in [-0.25, -0.2) is 0 Å². The molecule has 26 heavy (non-hydrogen) atoms. The molecule has 0 radical (unpaired) electrons. The number of piperidine rings is 1. The van der Waals surface area contributed by atoms with E-state index in [1.54, 1.807) is 7.11 Å². The molecule has 0 bridgehead atoms. The Morgan fingerprint density at radius 3 is 3.00 bits per heavy atom. The number of carbonyl (C=O) groups is 1. The molecule has 4 rings (SSSR count). The van der Waals surface area contributed by atoms with E-state index in [-0.39, 0.29) is 5.91 Å². The lowest BCUT2D eigenvalue weighted by atomic mass is 9.98. The minimum atomic E-state index is 0.172. The summed E-state index contributed by atoms with van der Waals surface area (Å²) in [7, 11) is 1.64. The second kappa shape index (κ2) is 8.07. The number of nitrogens with zero attached hydrogens (tertiary/aromatic N) is 1. The van der Waals surface area contributed by atoms with Gasteiger partial charge in [0.1, 0.15) is 0 Å². The maximum absolute atomic E-state index is 12.3. The number of anilines is 1. The number of methoxy groups -OCH3 is 1. The molecular weight excluding hydrogens is 326 g/mol. The van der Waals surface area contributed by atoms with Gasteiger partial charge in [-0.3, -0.25) is 4.79 Å². The molecule has 1 saturated heterocycles. The van der Waals surface area contributed by atoms with E-state index in [4.69, 9.17) is 4.74 Å². The summed E-state index contributed by atoms with van der Waals surface area (Å²) in [5.74, 6) is 1.66. The Balaban J connectivity index is 1.32. The zero-order valence-electron chi connectivity index (χ0n) is 15.8. The fourth-order valence-corrected chi connectivity index (χ4v) is 4.43. The SMILES string of the molecule is COCCC(=O)N1CCc2cc([C@@H]3C[C@H]3NCC3CCNCC3)ccc21. The van der Waals surface area contributed by atoms with E-state index in [2.05, 4.69) is 28.8 Å². The highest BCUT2D eigenvalue weighted by molar-refractivity contribution is 5.95. The third-order valence-corrected chi connectivity index (χ3v) is 6.17. The van der Waals surface area contributed by atoms with Gasteiger partial charge in [-0.1, -0.05) is 12.1 Å². The second-order valence-corrected chi connectivity index (χ2v) is 7.98. The maximum Gasteiger partial charge on any atom is 0.229 e. The van der Waals surface area contributed by atoms with Crippen molar-refractivity contribution in [3.63, 3.8) is 0 Å². The van der Waals surface area contributed by atoms with Crippen LogP contribution in [-0.4, -0.2) is 51.8 Å². The van der Waals surface area contributed by atoms with Crippen LogP contribution in [0.15, 0.2) is 18.2 Å². The normalized spacial score (nSPS) is 25.3. The Bertz CT molecular complexity index is 642. The number of nitrogens with one attached hydrogen (secondary N) is 2. The number of carbonyl (C=O) groups excluding carboxylic acids is 1. The minimum Gasteiger partial charge on any atom is -0.384 e. The van der Waals surface area contributed by atoms with Gasteiger partial charge >= 0.3 is 0 Å². The quantitative estimate of drug-likeness (QED) is 0.784. The van der Waals surface area contributed by atoms with Crippen molar-refractivity contribution < 1.29 is 9.53 Å². The van der Waals surface area contributed by atoms with Crippen LogP contribution >= 0.6 is 0 Å². The van der Waals surface area contributed by atoms with E-state index >= 15 is 0 Å². The molecule has 1 aliphatic carbocycles. The van der Waals surface area contributed by atoms with E-state index in [1.807, 2.05) is 4.90 Å². The van der Waals surface area contributed by atoms with Gasteiger partial charge < -0.3 is 20.3 Å². The molecule has 0 unspecified atom stereocenters. The Hall–Kier alpha value is -1.43. The number of benzene rings is 1. The highest BCUT2D eigenvalue weighted by atomic mass is 16.5. The summed E-state index contributed by atoms with van der Waals surface area (Å²) in [6.07, 6.45) is 5.29. The van der Waals surface area contributed by atoms with Gasteiger partial charge in [-0.15, -0.1) is 0 Å². The van der Waals surface area contributed by atoms with E-state index in [9.17, 15) is 4.79 Å². The van der Waals surface area contributed by atoms with Crippen molar-refractivity contribution in [2.75, 3.05) is 44.8 Å². The van der Waals surface area contributed by atoms with Crippen LogP contribution in [0.2, 0.25) is 0 Å². The fraction of sp³-hybridized carbons (Fsp3) is 0.667. The van der Waals surface area contributed by atoms with Gasteiger partial charge in [0.15, 0.2) is 0 Å². The summed E-state index contributed by atoms with van der Waals surface area (Å²) in [4.78, 5) is 14.2. The molecule has 2 N–H and O–H groups in total. The molecule has 2 fully saturated rings. The van der Waals surface area contributed by atoms with Gasteiger partial charge in [0.05, 0.1) is 13.0 Å². The smallest absolute Gasteiger partial charge is 0.229 e. The molecule has 0 aromatic heterocycles. The van der Waals surface area contributed by atoms with E-state index in [0.29, 0.717) is 25.0 Å². The average Bonchev–Trinajstić information content (AvgIpc) is 3.34. The lowest BCUT2D eigenvalue weighted by Crippen LogP contribution is -2.34. The third kappa shape index (κ3) is 3.95. The molecule has 2 aliphatic heterocycles. The van der Waals surface area contributed by atoms with E-state index in [1.165, 1.54) is 43.5 Å². The number of hydrogen-bond acceptors (Lipinski definition) is 4. The highest BCUT2D eigenvalue weighted by Gasteiger charge is 2.39. The molecule has 1 aromatic carbocycles. The Morgan fingerprint density at radius 1 is 1.35 bits per heavy atom. The zero-order valence-corrected chi connectivity index (χ0v) is 15.8. The maximum atomic E-state index is 12.3. The predicted molar refractivity (Wildman–Crippen MR) is 104 cm³/mol. The zero-order chi connectivity index (χ0) is 17.9. The van der Waals surface area contributed by atoms with Crippen LogP contribution in [0.5, 0.6) is 0 Å². The van der Waals surface area contributed by atoms with Gasteiger partial charge in [-0.2, -0.15) is 0 Å². The van der Waals surface area contributed by atoms with Crippen LogP contribution in [0.25, 0.3) is 0 Å². The van der Waals surface area contributed by atoms with Crippen LogP contribution < -0.4 is 15.5 Å². The van der Waals surface area contributed by atoms with Gasteiger partial charge in [0.2, 0.25) is 5.91 Å². The molecule has 1 saturated carbocycles. The van der Waals surface area contributed by atoms with Gasteiger partial charge in [0.25, 0.3) is 0 Å². The summed E-state index contributed by atoms with van der Waals surface area (Å²) in [6, 6.07) is 7.38. The predicted octanol–water partition coefficient (Wildman–Crippen LogP) is 2.06. The first-order valence-electron chi connectivity index (χ1n) is 10.1. The molecule has 1 amide bonds. The van der Waals surface area contributed by atoms with Crippen LogP contribution in [0.4, 0.5) is 5.69 Å². The first-order chi connectivity index (χ1) is 12.8. The first-order valence-corrected chi connectivity index (χ1v) is 10.1. The van der Waals surface area contributed by atoms with Gasteiger partial charge in [-0.05, 0) is 68.4 Å². The molecule has 0 spiro atoms. The van der Waals surface area contributed by atoms with Crippen molar-refractivity contribution in [2.45, 2.75) is 44.1 Å². The largest absolute Gasteiger partial charge is 0.384 e. The molecule has 3 aliphatic rings. The van der Waals surface area contributed by atoms with Crippen molar-refractivity contribution in [3.8, 4) is 0 Å². The van der Waals surface area contributed by atoms with Crippen molar-refractivity contribution in [1.29, 1.82) is 0 Å². The topological polar surface area (TPSA) is 53.6 Å². The van der Waals surface area contributed by atoms with Crippen LogP contribution in [0.3, 0.4) is 0 Å².